The van der Waals surface area contributed by atoms with Gasteiger partial charge in [-0.2, -0.15) is 0 Å². The second-order valence-corrected chi connectivity index (χ2v) is 5.44. The molecule has 1 amide bonds. The van der Waals surface area contributed by atoms with Crippen LogP contribution in [0, 0.1) is 0 Å². The lowest BCUT2D eigenvalue weighted by molar-refractivity contribution is 0.0833. The highest BCUT2D eigenvalue weighted by Crippen LogP contribution is 2.30. The number of anilines is 2. The van der Waals surface area contributed by atoms with Gasteiger partial charge in [-0.15, -0.1) is 0 Å². The highest BCUT2D eigenvalue weighted by molar-refractivity contribution is 7.18. The second-order valence-electron chi connectivity index (χ2n) is 4.46. The molecule has 6 heteroatoms. The molecule has 17 heavy (non-hydrogen) atoms. The third-order valence-corrected chi connectivity index (χ3v) is 3.99. The topological polar surface area (TPSA) is 62.5 Å². The lowest BCUT2D eigenvalue weighted by atomic mass is 10.1. The van der Waals surface area contributed by atoms with Crippen molar-refractivity contribution in [2.24, 2.45) is 0 Å². The number of piperidine rings is 1. The summed E-state index contributed by atoms with van der Waals surface area (Å²) in [6.45, 7) is 2.03. The quantitative estimate of drug-likeness (QED) is 0.867. The van der Waals surface area contributed by atoms with Crippen molar-refractivity contribution >= 4 is 28.2 Å². The van der Waals surface area contributed by atoms with E-state index >= 15 is 0 Å². The number of nitrogens with zero attached hydrogens (tertiary/aromatic N) is 3. The molecule has 0 spiro atoms. The van der Waals surface area contributed by atoms with E-state index in [-0.39, 0.29) is 5.91 Å². The summed E-state index contributed by atoms with van der Waals surface area (Å²) in [5.41, 5.74) is 5.81. The van der Waals surface area contributed by atoms with E-state index in [1.54, 1.807) is 14.1 Å². The first-order valence-electron chi connectivity index (χ1n) is 5.82. The van der Waals surface area contributed by atoms with Gasteiger partial charge in [-0.25, -0.2) is 4.98 Å². The van der Waals surface area contributed by atoms with Crippen LogP contribution in [0.3, 0.4) is 0 Å². The van der Waals surface area contributed by atoms with Crippen LogP contribution >= 0.6 is 11.3 Å². The number of amides is 1. The maximum absolute atomic E-state index is 11.9. The molecule has 0 aromatic carbocycles. The number of carbonyl (C=O) groups excluding carboxylic acids is 1. The van der Waals surface area contributed by atoms with Gasteiger partial charge in [-0.3, -0.25) is 4.79 Å². The summed E-state index contributed by atoms with van der Waals surface area (Å²) in [5, 5.41) is 0.882. The van der Waals surface area contributed by atoms with Gasteiger partial charge in [-0.1, -0.05) is 11.3 Å². The molecule has 0 aliphatic carbocycles. The van der Waals surface area contributed by atoms with E-state index in [0.29, 0.717) is 10.7 Å². The molecule has 2 heterocycles. The molecule has 1 aromatic rings. The van der Waals surface area contributed by atoms with Gasteiger partial charge in [0.2, 0.25) is 0 Å². The van der Waals surface area contributed by atoms with E-state index in [2.05, 4.69) is 9.88 Å². The van der Waals surface area contributed by atoms with Gasteiger partial charge in [0.15, 0.2) is 5.13 Å². The first-order valence-corrected chi connectivity index (χ1v) is 6.64. The molecular weight excluding hydrogens is 236 g/mol. The zero-order chi connectivity index (χ0) is 12.4. The maximum atomic E-state index is 11.9. The second kappa shape index (κ2) is 4.91. The van der Waals surface area contributed by atoms with Gasteiger partial charge in [0.25, 0.3) is 5.91 Å². The van der Waals surface area contributed by atoms with E-state index < -0.39 is 0 Å². The summed E-state index contributed by atoms with van der Waals surface area (Å²) >= 11 is 1.40. The van der Waals surface area contributed by atoms with Crippen LogP contribution in [0.2, 0.25) is 0 Å². The molecule has 94 valence electrons. The fourth-order valence-corrected chi connectivity index (χ4v) is 2.96. The minimum absolute atomic E-state index is 0.0664. The molecule has 1 aromatic heterocycles. The molecule has 1 fully saturated rings. The van der Waals surface area contributed by atoms with Gasteiger partial charge >= 0.3 is 0 Å². The Balaban J connectivity index is 2.20. The molecule has 0 bridgehead atoms. The Morgan fingerprint density at radius 1 is 1.35 bits per heavy atom. The van der Waals surface area contributed by atoms with E-state index in [4.69, 9.17) is 5.73 Å². The molecule has 2 rings (SSSR count). The number of thiazole rings is 1. The number of carbonyl (C=O) groups is 1. The van der Waals surface area contributed by atoms with Crippen LogP contribution in [0.25, 0.3) is 0 Å². The molecule has 0 radical (unpaired) electrons. The summed E-state index contributed by atoms with van der Waals surface area (Å²) in [6.07, 6.45) is 3.66. The third-order valence-electron chi connectivity index (χ3n) is 2.87. The monoisotopic (exact) mass is 254 g/mol. The van der Waals surface area contributed by atoms with Crippen LogP contribution in [-0.4, -0.2) is 43.0 Å². The van der Waals surface area contributed by atoms with E-state index in [0.717, 1.165) is 18.2 Å². The van der Waals surface area contributed by atoms with Crippen molar-refractivity contribution in [1.82, 2.24) is 9.88 Å². The van der Waals surface area contributed by atoms with Crippen LogP contribution in [-0.2, 0) is 0 Å². The minimum atomic E-state index is -0.0664. The molecule has 2 N–H and O–H groups in total. The Morgan fingerprint density at radius 3 is 2.59 bits per heavy atom. The Kier molecular flexibility index (Phi) is 3.51. The zero-order valence-corrected chi connectivity index (χ0v) is 11.1. The lowest BCUT2D eigenvalue weighted by Gasteiger charge is -2.25. The van der Waals surface area contributed by atoms with Crippen molar-refractivity contribution in [3.63, 3.8) is 0 Å². The van der Waals surface area contributed by atoms with E-state index in [9.17, 15) is 4.79 Å². The Hall–Kier alpha value is -1.30. The number of hydrogen-bond donors (Lipinski definition) is 1. The molecule has 1 saturated heterocycles. The third kappa shape index (κ3) is 2.52. The summed E-state index contributed by atoms with van der Waals surface area (Å²) in [5.74, 6) is 0.289. The van der Waals surface area contributed by atoms with E-state index in [1.807, 2.05) is 0 Å². The summed E-state index contributed by atoms with van der Waals surface area (Å²) in [7, 11) is 3.45. The van der Waals surface area contributed by atoms with Crippen molar-refractivity contribution in [3.8, 4) is 0 Å². The van der Waals surface area contributed by atoms with Gasteiger partial charge in [0.05, 0.1) is 0 Å². The summed E-state index contributed by atoms with van der Waals surface area (Å²) in [4.78, 5) is 20.5. The zero-order valence-electron chi connectivity index (χ0n) is 10.3. The predicted molar refractivity (Wildman–Crippen MR) is 70.6 cm³/mol. The number of nitrogen functional groups attached to an aromatic ring is 1. The average Bonchev–Trinajstić information content (AvgIpc) is 2.71. The van der Waals surface area contributed by atoms with Crippen LogP contribution < -0.4 is 10.6 Å². The number of nitrogens with two attached hydrogens (primary N) is 1. The van der Waals surface area contributed by atoms with Gasteiger partial charge in [0.1, 0.15) is 10.7 Å². The summed E-state index contributed by atoms with van der Waals surface area (Å²) < 4.78 is 0. The van der Waals surface area contributed by atoms with Crippen molar-refractivity contribution in [1.29, 1.82) is 0 Å². The van der Waals surface area contributed by atoms with Crippen molar-refractivity contribution in [2.45, 2.75) is 19.3 Å². The molecule has 0 atom stereocenters. The smallest absolute Gasteiger partial charge is 0.267 e. The lowest BCUT2D eigenvalue weighted by Crippen LogP contribution is -2.29. The SMILES string of the molecule is CN(C)C(=O)c1sc(N2CCCCC2)nc1N. The maximum Gasteiger partial charge on any atom is 0.267 e. The number of aromatic nitrogens is 1. The molecular formula is C11H18N4OS. The molecule has 1 aliphatic rings. The van der Waals surface area contributed by atoms with Gasteiger partial charge in [-0.05, 0) is 19.3 Å². The molecule has 0 unspecified atom stereocenters. The predicted octanol–water partition coefficient (Wildman–Crippen LogP) is 1.42. The largest absolute Gasteiger partial charge is 0.382 e. The highest BCUT2D eigenvalue weighted by Gasteiger charge is 2.21. The normalized spacial score (nSPS) is 16.0. The van der Waals surface area contributed by atoms with Crippen molar-refractivity contribution in [3.05, 3.63) is 4.88 Å². The van der Waals surface area contributed by atoms with Crippen LogP contribution in [0.4, 0.5) is 10.9 Å². The average molecular weight is 254 g/mol. The molecule has 5 nitrogen and oxygen atoms in total. The molecule has 0 saturated carbocycles. The minimum Gasteiger partial charge on any atom is -0.382 e. The van der Waals surface area contributed by atoms with Gasteiger partial charge in [0, 0.05) is 27.2 Å². The Morgan fingerprint density at radius 2 is 2.00 bits per heavy atom. The number of hydrogen-bond acceptors (Lipinski definition) is 5. The highest BCUT2D eigenvalue weighted by atomic mass is 32.1. The molecule has 1 aliphatic heterocycles. The van der Waals surface area contributed by atoms with Crippen molar-refractivity contribution < 1.29 is 4.79 Å². The summed E-state index contributed by atoms with van der Waals surface area (Å²) in [6, 6.07) is 0. The number of rotatable bonds is 2. The van der Waals surface area contributed by atoms with Crippen LogP contribution in [0.5, 0.6) is 0 Å². The fourth-order valence-electron chi connectivity index (χ4n) is 1.90. The van der Waals surface area contributed by atoms with E-state index in [1.165, 1.54) is 35.5 Å². The van der Waals surface area contributed by atoms with Crippen LogP contribution in [0.15, 0.2) is 0 Å². The standard InChI is InChI=1S/C11H18N4OS/c1-14(2)10(16)8-9(12)13-11(17-8)15-6-4-3-5-7-15/h3-7,12H2,1-2H3. The van der Waals surface area contributed by atoms with Crippen molar-refractivity contribution in [2.75, 3.05) is 37.8 Å². The fraction of sp³-hybridized carbons (Fsp3) is 0.636. The Labute approximate surface area is 105 Å². The Bertz CT molecular complexity index is 410. The first-order chi connectivity index (χ1) is 8.09. The van der Waals surface area contributed by atoms with Gasteiger partial charge < -0.3 is 15.5 Å². The van der Waals surface area contributed by atoms with Crippen LogP contribution in [0.1, 0.15) is 28.9 Å². The first kappa shape index (κ1) is 12.2.